The monoisotopic (exact) mass is 661 g/mol. The van der Waals surface area contributed by atoms with Crippen molar-refractivity contribution in [2.75, 3.05) is 11.9 Å². The van der Waals surface area contributed by atoms with E-state index in [2.05, 4.69) is 30.0 Å². The average Bonchev–Trinajstić information content (AvgIpc) is 3.70. The van der Waals surface area contributed by atoms with Gasteiger partial charge in [-0.25, -0.2) is 19.0 Å². The molecule has 0 spiro atoms. The summed E-state index contributed by atoms with van der Waals surface area (Å²) in [5, 5.41) is 13.1. The van der Waals surface area contributed by atoms with E-state index in [4.69, 9.17) is 9.63 Å². The van der Waals surface area contributed by atoms with Gasteiger partial charge in [-0.1, -0.05) is 0 Å². The molecule has 2 unspecified atom stereocenters. The maximum Gasteiger partial charge on any atom is 1.00 e. The molecule has 18 heteroatoms. The van der Waals surface area contributed by atoms with Crippen LogP contribution < -0.4 is 61.6 Å². The van der Waals surface area contributed by atoms with Crippen LogP contribution in [0.25, 0.3) is 22.0 Å². The van der Waals surface area contributed by atoms with Crippen molar-refractivity contribution >= 4 is 30.8 Å². The van der Waals surface area contributed by atoms with Crippen LogP contribution in [0.2, 0.25) is 0 Å². The van der Waals surface area contributed by atoms with E-state index >= 15 is 0 Å². The van der Waals surface area contributed by atoms with Gasteiger partial charge in [0.25, 0.3) is 13.7 Å². The molecule has 43 heavy (non-hydrogen) atoms. The number of nitrogens with one attached hydrogen (secondary N) is 1. The molecule has 0 bridgehead atoms. The Bertz CT molecular complexity index is 1620. The molecule has 2 atom stereocenters. The van der Waals surface area contributed by atoms with Crippen molar-refractivity contribution in [3.05, 3.63) is 53.6 Å². The van der Waals surface area contributed by atoms with Gasteiger partial charge in [-0.2, -0.15) is 14.6 Å². The molecule has 1 amide bonds. The van der Waals surface area contributed by atoms with E-state index in [1.54, 1.807) is 10.9 Å². The zero-order chi connectivity index (χ0) is 30.0. The second-order valence-corrected chi connectivity index (χ2v) is 11.6. The Hall–Kier alpha value is -1.76. The number of phosphoric acid groups is 1. The Morgan fingerprint density at radius 3 is 2.67 bits per heavy atom. The first-order valence-corrected chi connectivity index (χ1v) is 15.4. The maximum atomic E-state index is 14.7. The number of halogens is 2. The standard InChI is InChI=1S/C25H28F2N7O6PS.K/c1-3-39-17-6-4-16(5-7-17)34-12-19(23(32-34)22-18(26)8-9-21(27)31-22)29-24(35)20-13-42-25(30-20)15-10-28-33(11-15)14(2)40-41(36,37)38;/h8-14,16-17H,3-7H2,1-2H3,(H,29,35)(H2,36,37,38);/q;+1/p-1/t14?,16-,17-;. The number of pyridine rings is 1. The second kappa shape index (κ2) is 14.6. The number of amides is 1. The number of carbonyl (C=O) groups excluding carboxylic acids is 1. The van der Waals surface area contributed by atoms with E-state index in [9.17, 15) is 23.0 Å². The van der Waals surface area contributed by atoms with Gasteiger partial charge >= 0.3 is 51.4 Å². The number of hydrogen-bond acceptors (Lipinski definition) is 10. The molecular formula is C25H27F2KN7O6PS. The normalized spacial score (nSPS) is 18.9. The zero-order valence-electron chi connectivity index (χ0n) is 23.5. The SMILES string of the molecule is CCO[C@H]1CC[C@H](n2cc(NC(=O)c3csc(-c4cnn(C(C)OP(=O)([O-])O)c4)n3)c(-c3nc(F)ccc3F)n2)CC1.[K+]. The molecule has 1 fully saturated rings. The predicted molar refractivity (Wildman–Crippen MR) is 145 cm³/mol. The number of ether oxygens (including phenoxy) is 1. The molecule has 4 aromatic rings. The Morgan fingerprint density at radius 2 is 1.98 bits per heavy atom. The molecule has 5 rings (SSSR count). The van der Waals surface area contributed by atoms with E-state index in [0.717, 1.165) is 49.2 Å². The van der Waals surface area contributed by atoms with Crippen LogP contribution >= 0.6 is 19.2 Å². The van der Waals surface area contributed by atoms with Crippen molar-refractivity contribution < 1.29 is 88.6 Å². The van der Waals surface area contributed by atoms with Gasteiger partial charge in [0.05, 0.1) is 24.0 Å². The molecule has 1 aliphatic carbocycles. The smallest absolute Gasteiger partial charge is 0.756 e. The van der Waals surface area contributed by atoms with Crippen LogP contribution in [0, 0.1) is 11.8 Å². The first-order valence-electron chi connectivity index (χ1n) is 13.1. The van der Waals surface area contributed by atoms with Crippen LogP contribution in [0.15, 0.2) is 36.1 Å². The summed E-state index contributed by atoms with van der Waals surface area (Å²) in [7, 11) is -4.98. The van der Waals surface area contributed by atoms with Crippen molar-refractivity contribution in [1.82, 2.24) is 29.5 Å². The molecule has 1 aliphatic rings. The van der Waals surface area contributed by atoms with Crippen molar-refractivity contribution in [3.63, 3.8) is 0 Å². The summed E-state index contributed by atoms with van der Waals surface area (Å²) < 4.78 is 52.8. The van der Waals surface area contributed by atoms with Crippen molar-refractivity contribution in [2.45, 2.75) is 57.9 Å². The quantitative estimate of drug-likeness (QED) is 0.144. The minimum atomic E-state index is -4.98. The molecule has 0 radical (unpaired) electrons. The Labute approximate surface area is 291 Å². The third kappa shape index (κ3) is 8.49. The van der Waals surface area contributed by atoms with Gasteiger partial charge in [0.15, 0.2) is 12.0 Å². The fourth-order valence-electron chi connectivity index (χ4n) is 4.73. The van der Waals surface area contributed by atoms with Crippen LogP contribution in [0.3, 0.4) is 0 Å². The van der Waals surface area contributed by atoms with Crippen molar-refractivity contribution in [3.8, 4) is 22.0 Å². The number of aromatic nitrogens is 6. The fourth-order valence-corrected chi connectivity index (χ4v) is 5.98. The van der Waals surface area contributed by atoms with E-state index < -0.39 is 31.7 Å². The summed E-state index contributed by atoms with van der Waals surface area (Å²) in [6.45, 7) is 3.95. The van der Waals surface area contributed by atoms with Crippen LogP contribution in [-0.4, -0.2) is 53.0 Å². The topological polar surface area (TPSA) is 169 Å². The number of thiazole rings is 1. The van der Waals surface area contributed by atoms with Crippen molar-refractivity contribution in [2.24, 2.45) is 0 Å². The van der Waals surface area contributed by atoms with Gasteiger partial charge in [0, 0.05) is 29.9 Å². The summed E-state index contributed by atoms with van der Waals surface area (Å²) in [6, 6.07) is 1.82. The van der Waals surface area contributed by atoms with Gasteiger partial charge in [0.2, 0.25) is 5.95 Å². The fraction of sp³-hybridized carbons (Fsp3) is 0.400. The minimum absolute atomic E-state index is 0. The van der Waals surface area contributed by atoms with Gasteiger partial charge in [-0.05, 0) is 51.7 Å². The Kier molecular flexibility index (Phi) is 11.5. The first kappa shape index (κ1) is 34.1. The molecule has 0 aromatic carbocycles. The van der Waals surface area contributed by atoms with Crippen LogP contribution in [-0.2, 0) is 13.8 Å². The average molecular weight is 662 g/mol. The van der Waals surface area contributed by atoms with E-state index in [0.29, 0.717) is 17.2 Å². The summed E-state index contributed by atoms with van der Waals surface area (Å²) in [4.78, 5) is 41.2. The molecule has 2 N–H and O–H groups in total. The Morgan fingerprint density at radius 1 is 1.23 bits per heavy atom. The summed E-state index contributed by atoms with van der Waals surface area (Å²) in [5.74, 6) is -2.30. The molecule has 0 aliphatic heterocycles. The predicted octanol–water partition coefficient (Wildman–Crippen LogP) is 1.32. The van der Waals surface area contributed by atoms with Crippen LogP contribution in [0.1, 0.15) is 62.3 Å². The third-order valence-corrected chi connectivity index (χ3v) is 8.14. The minimum Gasteiger partial charge on any atom is -0.756 e. The van der Waals surface area contributed by atoms with Crippen molar-refractivity contribution in [1.29, 1.82) is 0 Å². The molecule has 13 nitrogen and oxygen atoms in total. The van der Waals surface area contributed by atoms with Crippen LogP contribution in [0.4, 0.5) is 14.5 Å². The number of nitrogens with zero attached hydrogens (tertiary/aromatic N) is 6. The summed E-state index contributed by atoms with van der Waals surface area (Å²) in [5.41, 5.74) is 0.298. The van der Waals surface area contributed by atoms with Gasteiger partial charge in [-0.3, -0.25) is 18.6 Å². The van der Waals surface area contributed by atoms with E-state index in [1.165, 1.54) is 29.4 Å². The number of rotatable bonds is 10. The maximum absolute atomic E-state index is 14.7. The van der Waals surface area contributed by atoms with E-state index in [-0.39, 0.29) is 86.3 Å². The van der Waals surface area contributed by atoms with Gasteiger partial charge in [-0.15, -0.1) is 11.3 Å². The molecule has 0 saturated heterocycles. The van der Waals surface area contributed by atoms with Gasteiger partial charge in [0.1, 0.15) is 22.1 Å². The number of phosphoric ester groups is 1. The first-order chi connectivity index (χ1) is 20.0. The van der Waals surface area contributed by atoms with Crippen LogP contribution in [0.5, 0.6) is 0 Å². The number of hydrogen-bond donors (Lipinski definition) is 2. The zero-order valence-corrected chi connectivity index (χ0v) is 28.3. The Balaban J connectivity index is 0.00000423. The molecule has 1 saturated carbocycles. The number of anilines is 1. The van der Waals surface area contributed by atoms with Gasteiger partial charge < -0.3 is 19.8 Å². The largest absolute Gasteiger partial charge is 1.00 e. The molecular weight excluding hydrogens is 634 g/mol. The summed E-state index contributed by atoms with van der Waals surface area (Å²) in [6.07, 6.45) is 6.63. The molecule has 224 valence electrons. The summed E-state index contributed by atoms with van der Waals surface area (Å²) >= 11 is 1.13. The van der Waals surface area contributed by atoms with E-state index in [1.807, 2.05) is 6.92 Å². The molecule has 4 heterocycles. The second-order valence-electron chi connectivity index (χ2n) is 9.60. The molecule has 4 aromatic heterocycles. The number of carbonyl (C=O) groups is 1. The third-order valence-electron chi connectivity index (χ3n) is 6.68.